The molecule has 1 amide bonds. The van der Waals surface area contributed by atoms with Crippen LogP contribution in [0.1, 0.15) is 44.1 Å². The molecule has 0 unspecified atom stereocenters. The van der Waals surface area contributed by atoms with Crippen molar-refractivity contribution in [2.45, 2.75) is 69.0 Å². The fourth-order valence-corrected chi connectivity index (χ4v) is 3.26. The number of epoxide rings is 1. The van der Waals surface area contributed by atoms with E-state index in [1.54, 1.807) is 0 Å². The zero-order valence-corrected chi connectivity index (χ0v) is 19.6. The molecule has 1 aromatic carbocycles. The highest BCUT2D eigenvalue weighted by Crippen LogP contribution is 2.30. The van der Waals surface area contributed by atoms with E-state index in [1.165, 1.54) is 36.4 Å². The number of benzene rings is 1. The van der Waals surface area contributed by atoms with Crippen molar-refractivity contribution in [2.75, 3.05) is 6.54 Å². The van der Waals surface area contributed by atoms with Gasteiger partial charge in [-0.1, -0.05) is 49.8 Å². The van der Waals surface area contributed by atoms with Crippen molar-refractivity contribution in [3.8, 4) is 35.2 Å². The number of aliphatic hydroxyl groups excluding tert-OH is 3. The maximum atomic E-state index is 11.9. The maximum absolute atomic E-state index is 11.9. The molecule has 8 heteroatoms. The molecule has 1 saturated heterocycles. The number of unbranched alkanes of at least 4 members (excludes halogenated alkanes) is 2. The van der Waals surface area contributed by atoms with Crippen LogP contribution < -0.4 is 5.32 Å². The second kappa shape index (κ2) is 14.9. The minimum atomic E-state index is -1.07. The van der Waals surface area contributed by atoms with Gasteiger partial charge in [0.25, 0.3) is 0 Å². The Labute approximate surface area is 206 Å². The van der Waals surface area contributed by atoms with Crippen LogP contribution >= 0.6 is 0 Å². The quantitative estimate of drug-likeness (QED) is 0.0625. The monoisotopic (exact) mass is 483 g/mol. The highest BCUT2D eigenvalue weighted by atomic mass is 16.6. The van der Waals surface area contributed by atoms with E-state index < -0.39 is 24.2 Å². The lowest BCUT2D eigenvalue weighted by atomic mass is 10.0. The van der Waals surface area contributed by atoms with Crippen molar-refractivity contribution in [2.24, 2.45) is 0 Å². The van der Waals surface area contributed by atoms with Gasteiger partial charge in [-0.25, -0.2) is 0 Å². The molecular weight excluding hydrogens is 450 g/mol. The first-order valence-electron chi connectivity index (χ1n) is 11.6. The number of carbonyl (C=O) groups excluding carboxylic acids is 1. The van der Waals surface area contributed by atoms with Crippen LogP contribution in [0.2, 0.25) is 0 Å². The highest BCUT2D eigenvalue weighted by molar-refractivity contribution is 5.91. The summed E-state index contributed by atoms with van der Waals surface area (Å²) in [7, 11) is 0. The predicted molar refractivity (Wildman–Crippen MR) is 132 cm³/mol. The smallest absolute Gasteiger partial charge is 0.244 e. The first kappa shape index (κ1) is 28.0. The van der Waals surface area contributed by atoms with Gasteiger partial charge in [-0.05, 0) is 48.5 Å². The van der Waals surface area contributed by atoms with Crippen molar-refractivity contribution in [1.29, 1.82) is 0 Å². The van der Waals surface area contributed by atoms with E-state index >= 15 is 0 Å². The molecule has 1 heterocycles. The molecule has 1 fully saturated rings. The molecule has 0 aliphatic carbocycles. The van der Waals surface area contributed by atoms with Gasteiger partial charge in [-0.15, -0.1) is 0 Å². The number of carbonyl (C=O) groups is 1. The second-order valence-electron chi connectivity index (χ2n) is 8.27. The zero-order valence-electron chi connectivity index (χ0n) is 19.6. The number of aromatic hydroxyl groups is 2. The van der Waals surface area contributed by atoms with E-state index in [9.17, 15) is 30.3 Å². The number of phenols is 2. The lowest BCUT2D eigenvalue weighted by Crippen LogP contribution is -2.38. The molecule has 1 aliphatic rings. The standard InChI is InChI=1S/C27H33NO7/c1-2-20(29)9-5-3-7-11-25-26(35-25)12-8-4-6-10-21(30)24(33)18-28-27(34)16-14-19-13-15-22(31)23(32)17-19/h2,13-17,20-21,24-26,29-33H,1,4,6,8,10-12,18H2,(H,28,34)/t20-,21+,24-,25+,26+/m1/s1. The Hall–Kier alpha value is -3.27. The molecule has 6 N–H and O–H groups in total. The van der Waals surface area contributed by atoms with Gasteiger partial charge in [-0.3, -0.25) is 4.79 Å². The van der Waals surface area contributed by atoms with Gasteiger partial charge >= 0.3 is 0 Å². The molecule has 188 valence electrons. The summed E-state index contributed by atoms with van der Waals surface area (Å²) in [4.78, 5) is 11.9. The van der Waals surface area contributed by atoms with E-state index in [-0.39, 0.29) is 30.3 Å². The van der Waals surface area contributed by atoms with Gasteiger partial charge in [0.2, 0.25) is 5.91 Å². The fourth-order valence-electron chi connectivity index (χ4n) is 3.26. The molecule has 0 aromatic heterocycles. The Morgan fingerprint density at radius 3 is 2.63 bits per heavy atom. The Morgan fingerprint density at radius 1 is 1.09 bits per heavy atom. The average Bonchev–Trinajstić information content (AvgIpc) is 3.60. The third-order valence-corrected chi connectivity index (χ3v) is 5.43. The lowest BCUT2D eigenvalue weighted by Gasteiger charge is -2.17. The molecule has 0 radical (unpaired) electrons. The third kappa shape index (κ3) is 11.1. The van der Waals surface area contributed by atoms with Crippen LogP contribution in [0.25, 0.3) is 6.08 Å². The summed E-state index contributed by atoms with van der Waals surface area (Å²) in [6, 6.07) is 4.17. The fraction of sp³-hybridized carbons (Fsp3) is 0.444. The summed E-state index contributed by atoms with van der Waals surface area (Å²) in [5.74, 6) is 9.71. The van der Waals surface area contributed by atoms with E-state index in [2.05, 4.69) is 35.6 Å². The zero-order chi connectivity index (χ0) is 25.6. The van der Waals surface area contributed by atoms with E-state index in [0.29, 0.717) is 18.4 Å². The number of aliphatic hydroxyl groups is 3. The molecule has 1 aliphatic heterocycles. The molecular formula is C27H33NO7. The number of amides is 1. The lowest BCUT2D eigenvalue weighted by molar-refractivity contribution is -0.117. The van der Waals surface area contributed by atoms with Crippen LogP contribution in [0.4, 0.5) is 0 Å². The summed E-state index contributed by atoms with van der Waals surface area (Å²) in [6.07, 6.45) is 6.00. The topological polar surface area (TPSA) is 143 Å². The summed E-state index contributed by atoms with van der Waals surface area (Å²) in [5.41, 5.74) is 0.529. The summed E-state index contributed by atoms with van der Waals surface area (Å²) >= 11 is 0. The van der Waals surface area contributed by atoms with Crippen molar-refractivity contribution >= 4 is 12.0 Å². The Balaban J connectivity index is 1.53. The van der Waals surface area contributed by atoms with E-state index in [1.807, 2.05) is 0 Å². The SMILES string of the molecule is C=C[C@@H](O)C#CC#CC[C@@H]1O[C@H]1CCCCC[C@H](O)[C@H](O)CNC(=O)C=Cc1ccc(O)c(O)c1. The number of rotatable bonds is 13. The molecule has 5 atom stereocenters. The van der Waals surface area contributed by atoms with Gasteiger partial charge in [0.1, 0.15) is 6.10 Å². The number of phenolic OH excluding ortho intramolecular Hbond substituents is 2. The summed E-state index contributed by atoms with van der Waals surface area (Å²) in [5, 5.41) is 50.6. The van der Waals surface area contributed by atoms with Gasteiger partial charge in [-0.2, -0.15) is 0 Å². The number of nitrogens with one attached hydrogen (secondary N) is 1. The van der Waals surface area contributed by atoms with Crippen LogP contribution in [0.15, 0.2) is 36.9 Å². The van der Waals surface area contributed by atoms with Crippen molar-refractivity contribution in [3.05, 3.63) is 42.5 Å². The molecule has 2 rings (SSSR count). The molecule has 0 saturated carbocycles. The van der Waals surface area contributed by atoms with Gasteiger partial charge < -0.3 is 35.6 Å². The Bertz CT molecular complexity index is 998. The van der Waals surface area contributed by atoms with Gasteiger partial charge in [0.15, 0.2) is 11.5 Å². The van der Waals surface area contributed by atoms with Crippen molar-refractivity contribution in [1.82, 2.24) is 5.32 Å². The Morgan fingerprint density at radius 2 is 1.89 bits per heavy atom. The first-order valence-corrected chi connectivity index (χ1v) is 11.6. The van der Waals surface area contributed by atoms with E-state index in [4.69, 9.17) is 4.74 Å². The van der Waals surface area contributed by atoms with Crippen LogP contribution in [-0.4, -0.2) is 68.5 Å². The molecule has 35 heavy (non-hydrogen) atoms. The number of hydrogen-bond acceptors (Lipinski definition) is 7. The number of hydrogen-bond donors (Lipinski definition) is 6. The average molecular weight is 484 g/mol. The van der Waals surface area contributed by atoms with Crippen LogP contribution in [0.3, 0.4) is 0 Å². The number of ether oxygens (including phenoxy) is 1. The maximum Gasteiger partial charge on any atom is 0.244 e. The Kier molecular flexibility index (Phi) is 11.9. The normalized spacial score (nSPS) is 18.9. The predicted octanol–water partition coefficient (Wildman–Crippen LogP) is 1.61. The van der Waals surface area contributed by atoms with Gasteiger partial charge in [0.05, 0.1) is 24.4 Å². The van der Waals surface area contributed by atoms with Crippen LogP contribution in [0, 0.1) is 23.7 Å². The largest absolute Gasteiger partial charge is 0.504 e. The summed E-state index contributed by atoms with van der Waals surface area (Å²) < 4.78 is 5.57. The molecule has 8 nitrogen and oxygen atoms in total. The van der Waals surface area contributed by atoms with Crippen molar-refractivity contribution < 1.29 is 35.1 Å². The molecule has 0 spiro atoms. The minimum absolute atomic E-state index is 0.0826. The van der Waals surface area contributed by atoms with Crippen LogP contribution in [-0.2, 0) is 9.53 Å². The van der Waals surface area contributed by atoms with E-state index in [0.717, 1.165) is 25.7 Å². The first-order chi connectivity index (χ1) is 16.8. The minimum Gasteiger partial charge on any atom is -0.504 e. The molecule has 0 bridgehead atoms. The van der Waals surface area contributed by atoms with Gasteiger partial charge in [0, 0.05) is 19.0 Å². The summed E-state index contributed by atoms with van der Waals surface area (Å²) in [6.45, 7) is 3.34. The third-order valence-electron chi connectivity index (χ3n) is 5.43. The van der Waals surface area contributed by atoms with Crippen molar-refractivity contribution in [3.63, 3.8) is 0 Å². The highest BCUT2D eigenvalue weighted by Gasteiger charge is 2.36. The van der Waals surface area contributed by atoms with Crippen LogP contribution in [0.5, 0.6) is 11.5 Å². The second-order valence-corrected chi connectivity index (χ2v) is 8.27. The molecule has 1 aromatic rings.